The summed E-state index contributed by atoms with van der Waals surface area (Å²) in [5, 5.41) is -1.33. The molecule has 0 saturated heterocycles. The van der Waals surface area contributed by atoms with E-state index >= 15 is 0 Å². The van der Waals surface area contributed by atoms with E-state index in [0.29, 0.717) is 30.3 Å². The number of benzene rings is 1. The fraction of sp³-hybridized carbons (Fsp3) is 0.500. The van der Waals surface area contributed by atoms with Crippen LogP contribution < -0.4 is 9.47 Å². The summed E-state index contributed by atoms with van der Waals surface area (Å²) in [5.74, 6) is 0.981. The van der Waals surface area contributed by atoms with Crippen molar-refractivity contribution in [2.24, 2.45) is 0 Å². The lowest BCUT2D eigenvalue weighted by atomic mass is 10.1. The predicted molar refractivity (Wildman–Crippen MR) is 63.4 cm³/mol. The zero-order chi connectivity index (χ0) is 12.8. The van der Waals surface area contributed by atoms with Gasteiger partial charge in [0.15, 0.2) is 11.5 Å². The number of hydrogen-bond acceptors (Lipinski definition) is 2. The second-order valence-electron chi connectivity index (χ2n) is 3.31. The Morgan fingerprint density at radius 3 is 2.24 bits per heavy atom. The quantitative estimate of drug-likeness (QED) is 0.722. The van der Waals surface area contributed by atoms with Crippen LogP contribution in [0.5, 0.6) is 11.5 Å². The zero-order valence-electron chi connectivity index (χ0n) is 9.75. The van der Waals surface area contributed by atoms with Crippen LogP contribution in [0, 0.1) is 0 Å². The molecule has 0 saturated carbocycles. The van der Waals surface area contributed by atoms with Crippen LogP contribution in [-0.2, 0) is 0 Å². The molecular formula is C12H15ClF2O2. The largest absolute Gasteiger partial charge is 0.490 e. The lowest BCUT2D eigenvalue weighted by Gasteiger charge is -2.14. The van der Waals surface area contributed by atoms with E-state index < -0.39 is 11.8 Å². The van der Waals surface area contributed by atoms with Gasteiger partial charge >= 0.3 is 0 Å². The maximum absolute atomic E-state index is 12.5. The van der Waals surface area contributed by atoms with Gasteiger partial charge in [-0.3, -0.25) is 0 Å². The highest BCUT2D eigenvalue weighted by atomic mass is 35.5. The molecule has 1 atom stereocenters. The van der Waals surface area contributed by atoms with Crippen molar-refractivity contribution in [1.82, 2.24) is 0 Å². The first kappa shape index (κ1) is 14.0. The maximum Gasteiger partial charge on any atom is 0.258 e. The molecule has 1 rings (SSSR count). The van der Waals surface area contributed by atoms with Gasteiger partial charge in [-0.2, -0.15) is 0 Å². The van der Waals surface area contributed by atoms with Crippen molar-refractivity contribution in [3.05, 3.63) is 23.8 Å². The van der Waals surface area contributed by atoms with Crippen molar-refractivity contribution >= 4 is 11.6 Å². The van der Waals surface area contributed by atoms with Crippen molar-refractivity contribution in [2.45, 2.75) is 25.7 Å². The summed E-state index contributed by atoms with van der Waals surface area (Å²) in [6.45, 7) is 4.57. The highest BCUT2D eigenvalue weighted by Crippen LogP contribution is 2.35. The van der Waals surface area contributed by atoms with Gasteiger partial charge in [0.1, 0.15) is 5.38 Å². The van der Waals surface area contributed by atoms with Crippen molar-refractivity contribution < 1.29 is 18.3 Å². The second-order valence-corrected chi connectivity index (χ2v) is 3.78. The van der Waals surface area contributed by atoms with Crippen LogP contribution in [0.15, 0.2) is 18.2 Å². The van der Waals surface area contributed by atoms with Crippen LogP contribution in [0.1, 0.15) is 24.8 Å². The summed E-state index contributed by atoms with van der Waals surface area (Å²) >= 11 is 5.60. The van der Waals surface area contributed by atoms with E-state index in [9.17, 15) is 8.78 Å². The minimum atomic E-state index is -2.61. The topological polar surface area (TPSA) is 18.5 Å². The van der Waals surface area contributed by atoms with Crippen LogP contribution in [0.2, 0.25) is 0 Å². The van der Waals surface area contributed by atoms with Gasteiger partial charge in [-0.25, -0.2) is 8.78 Å². The van der Waals surface area contributed by atoms with Gasteiger partial charge in [0, 0.05) is 0 Å². The Morgan fingerprint density at radius 2 is 1.71 bits per heavy atom. The normalized spacial score (nSPS) is 12.6. The molecule has 0 aliphatic heterocycles. The Balaban J connectivity index is 3.00. The lowest BCUT2D eigenvalue weighted by molar-refractivity contribution is 0.142. The highest BCUT2D eigenvalue weighted by molar-refractivity contribution is 6.21. The number of ether oxygens (including phenoxy) is 2. The monoisotopic (exact) mass is 264 g/mol. The summed E-state index contributed by atoms with van der Waals surface area (Å²) in [7, 11) is 0. The van der Waals surface area contributed by atoms with E-state index in [1.807, 2.05) is 13.8 Å². The minimum Gasteiger partial charge on any atom is -0.490 e. The summed E-state index contributed by atoms with van der Waals surface area (Å²) < 4.78 is 35.6. The zero-order valence-corrected chi connectivity index (χ0v) is 10.5. The molecule has 1 aromatic carbocycles. The smallest absolute Gasteiger partial charge is 0.258 e. The molecule has 0 aromatic heterocycles. The van der Waals surface area contributed by atoms with E-state index in [-0.39, 0.29) is 0 Å². The lowest BCUT2D eigenvalue weighted by Crippen LogP contribution is -2.04. The van der Waals surface area contributed by atoms with E-state index in [2.05, 4.69) is 0 Å². The average molecular weight is 265 g/mol. The molecule has 0 N–H and O–H groups in total. The number of halogens is 3. The van der Waals surface area contributed by atoms with E-state index in [1.54, 1.807) is 6.07 Å². The molecule has 0 aliphatic carbocycles. The molecule has 0 radical (unpaired) electrons. The van der Waals surface area contributed by atoms with Crippen LogP contribution in [0.25, 0.3) is 0 Å². The Kier molecular flexibility index (Phi) is 5.48. The van der Waals surface area contributed by atoms with Gasteiger partial charge in [0.2, 0.25) is 0 Å². The maximum atomic E-state index is 12.5. The Hall–Kier alpha value is -1.03. The molecule has 2 nitrogen and oxygen atoms in total. The first-order valence-electron chi connectivity index (χ1n) is 5.41. The van der Waals surface area contributed by atoms with Crippen molar-refractivity contribution in [2.75, 3.05) is 13.2 Å². The summed E-state index contributed by atoms with van der Waals surface area (Å²) in [6, 6.07) is 4.62. The molecule has 0 bridgehead atoms. The average Bonchev–Trinajstić information content (AvgIpc) is 2.31. The van der Waals surface area contributed by atoms with Crippen LogP contribution >= 0.6 is 11.6 Å². The summed E-state index contributed by atoms with van der Waals surface area (Å²) in [5.41, 5.74) is 0.327. The third-order valence-corrected chi connectivity index (χ3v) is 2.55. The van der Waals surface area contributed by atoms with Gasteiger partial charge in [0.05, 0.1) is 13.2 Å². The van der Waals surface area contributed by atoms with Crippen molar-refractivity contribution in [3.63, 3.8) is 0 Å². The number of alkyl halides is 3. The first-order valence-corrected chi connectivity index (χ1v) is 5.85. The van der Waals surface area contributed by atoms with Gasteiger partial charge in [0.25, 0.3) is 6.43 Å². The molecule has 0 aliphatic rings. The Morgan fingerprint density at radius 1 is 1.12 bits per heavy atom. The van der Waals surface area contributed by atoms with Crippen molar-refractivity contribution in [1.29, 1.82) is 0 Å². The van der Waals surface area contributed by atoms with E-state index in [0.717, 1.165) is 0 Å². The second kappa shape index (κ2) is 6.64. The Bertz CT molecular complexity index is 358. The minimum absolute atomic E-state index is 0.327. The molecule has 1 aromatic rings. The van der Waals surface area contributed by atoms with E-state index in [1.165, 1.54) is 12.1 Å². The molecule has 17 heavy (non-hydrogen) atoms. The van der Waals surface area contributed by atoms with E-state index in [4.69, 9.17) is 21.1 Å². The molecule has 0 heterocycles. The van der Waals surface area contributed by atoms with Gasteiger partial charge in [-0.15, -0.1) is 11.6 Å². The third kappa shape index (κ3) is 3.73. The van der Waals surface area contributed by atoms with Crippen molar-refractivity contribution in [3.8, 4) is 11.5 Å². The summed E-state index contributed by atoms with van der Waals surface area (Å²) in [4.78, 5) is 0. The number of rotatable bonds is 6. The molecule has 5 heteroatoms. The third-order valence-electron chi connectivity index (χ3n) is 2.11. The summed E-state index contributed by atoms with van der Waals surface area (Å²) in [6.07, 6.45) is -2.61. The van der Waals surface area contributed by atoms with Crippen LogP contribution in [0.3, 0.4) is 0 Å². The highest BCUT2D eigenvalue weighted by Gasteiger charge is 2.21. The van der Waals surface area contributed by atoms with Gasteiger partial charge in [-0.05, 0) is 31.5 Å². The fourth-order valence-corrected chi connectivity index (χ4v) is 1.52. The van der Waals surface area contributed by atoms with Crippen LogP contribution in [-0.4, -0.2) is 19.6 Å². The van der Waals surface area contributed by atoms with Crippen LogP contribution in [0.4, 0.5) is 8.78 Å². The molecule has 0 spiro atoms. The fourth-order valence-electron chi connectivity index (χ4n) is 1.38. The molecule has 96 valence electrons. The first-order chi connectivity index (χ1) is 8.10. The Labute approximate surface area is 104 Å². The molecule has 1 unspecified atom stereocenters. The van der Waals surface area contributed by atoms with Gasteiger partial charge < -0.3 is 9.47 Å². The molecular weight excluding hydrogens is 250 g/mol. The molecule has 0 amide bonds. The SMILES string of the molecule is CCOc1ccc(C(Cl)C(F)F)cc1OCC. The molecule has 0 fully saturated rings. The standard InChI is InChI=1S/C12H15ClF2O2/c1-3-16-9-6-5-8(11(13)12(14)15)7-10(9)17-4-2/h5-7,11-12H,3-4H2,1-2H3. The number of hydrogen-bond donors (Lipinski definition) is 0. The van der Waals surface area contributed by atoms with Gasteiger partial charge in [-0.1, -0.05) is 6.07 Å². The predicted octanol–water partition coefficient (Wildman–Crippen LogP) is 4.03.